The summed E-state index contributed by atoms with van der Waals surface area (Å²) in [6.45, 7) is 9.03. The molecule has 1 aliphatic heterocycles. The molecule has 0 spiro atoms. The Bertz CT molecular complexity index is 1140. The number of rotatable bonds is 1. The van der Waals surface area contributed by atoms with Gasteiger partial charge in [-0.3, -0.25) is 0 Å². The summed E-state index contributed by atoms with van der Waals surface area (Å²) in [4.78, 5) is 9.35. The van der Waals surface area contributed by atoms with E-state index in [2.05, 4.69) is 48.2 Å². The fourth-order valence-corrected chi connectivity index (χ4v) is 3.63. The van der Waals surface area contributed by atoms with E-state index in [1.54, 1.807) is 6.33 Å². The molecule has 0 radical (unpaired) electrons. The van der Waals surface area contributed by atoms with Crippen molar-refractivity contribution in [3.63, 3.8) is 0 Å². The fraction of sp³-hybridized carbons (Fsp3) is 0.471. The lowest BCUT2D eigenvalue weighted by molar-refractivity contribution is -0.0402. The third-order valence-electron chi connectivity index (χ3n) is 4.81. The maximum Gasteiger partial charge on any atom is 0.229 e. The molecule has 0 saturated heterocycles. The van der Waals surface area contributed by atoms with Crippen LogP contribution >= 0.6 is 0 Å². The highest BCUT2D eigenvalue weighted by molar-refractivity contribution is 6.07. The van der Waals surface area contributed by atoms with Crippen LogP contribution in [-0.4, -0.2) is 35.6 Å². The number of nitrogens with zero attached hydrogens (tertiary/aromatic N) is 6. The van der Waals surface area contributed by atoms with Gasteiger partial charge >= 0.3 is 0 Å². The molecule has 0 saturated carbocycles. The topological polar surface area (TPSA) is 91.2 Å². The van der Waals surface area contributed by atoms with Crippen LogP contribution in [0.4, 0.5) is 0 Å². The molecule has 8 nitrogen and oxygen atoms in total. The standard InChI is InChI=1S/C17H18N6O2/c1-8(2)12-10-6-24-17(3,4)5-9(10)11-13-14(25-16(11)19-12)15-20-21-22-23(15)7-18-13/h7-8H,5-6H2,1-4H3. The Hall–Kier alpha value is -2.61. The average molecular weight is 338 g/mol. The van der Waals surface area contributed by atoms with E-state index in [9.17, 15) is 0 Å². The highest BCUT2D eigenvalue weighted by Crippen LogP contribution is 2.40. The summed E-state index contributed by atoms with van der Waals surface area (Å²) < 4.78 is 13.6. The van der Waals surface area contributed by atoms with E-state index < -0.39 is 0 Å². The largest absolute Gasteiger partial charge is 0.432 e. The predicted octanol–water partition coefficient (Wildman–Crippen LogP) is 2.79. The summed E-state index contributed by atoms with van der Waals surface area (Å²) in [5.74, 6) is 0.277. The van der Waals surface area contributed by atoms with Crippen LogP contribution in [-0.2, 0) is 17.8 Å². The molecule has 8 heteroatoms. The number of furan rings is 1. The van der Waals surface area contributed by atoms with Crippen molar-refractivity contribution >= 4 is 27.8 Å². The van der Waals surface area contributed by atoms with Crippen molar-refractivity contribution < 1.29 is 9.15 Å². The lowest BCUT2D eigenvalue weighted by Gasteiger charge is -2.33. The summed E-state index contributed by atoms with van der Waals surface area (Å²) in [5.41, 5.74) is 5.63. The zero-order valence-corrected chi connectivity index (χ0v) is 14.6. The van der Waals surface area contributed by atoms with E-state index in [0.29, 0.717) is 23.6 Å². The van der Waals surface area contributed by atoms with Gasteiger partial charge in [-0.2, -0.15) is 4.52 Å². The molecule has 4 aromatic heterocycles. The van der Waals surface area contributed by atoms with Gasteiger partial charge in [0.05, 0.1) is 23.3 Å². The molecule has 0 bridgehead atoms. The van der Waals surface area contributed by atoms with E-state index in [1.807, 2.05) is 0 Å². The van der Waals surface area contributed by atoms with Gasteiger partial charge in [0.15, 0.2) is 0 Å². The van der Waals surface area contributed by atoms with Crippen molar-refractivity contribution in [2.75, 3.05) is 0 Å². The maximum absolute atomic E-state index is 6.07. The van der Waals surface area contributed by atoms with Gasteiger partial charge in [-0.05, 0) is 35.8 Å². The van der Waals surface area contributed by atoms with Gasteiger partial charge in [0.25, 0.3) is 0 Å². The maximum atomic E-state index is 6.07. The zero-order chi connectivity index (χ0) is 17.3. The Morgan fingerprint density at radius 3 is 2.88 bits per heavy atom. The third-order valence-corrected chi connectivity index (χ3v) is 4.81. The monoisotopic (exact) mass is 338 g/mol. The number of fused-ring (bicyclic) bond motifs is 7. The molecule has 0 aromatic carbocycles. The van der Waals surface area contributed by atoms with Crippen molar-refractivity contribution in [1.29, 1.82) is 0 Å². The van der Waals surface area contributed by atoms with Gasteiger partial charge in [-0.15, -0.1) is 5.10 Å². The Morgan fingerprint density at radius 2 is 2.08 bits per heavy atom. The molecular formula is C17H18N6O2. The molecule has 0 N–H and O–H groups in total. The van der Waals surface area contributed by atoms with Gasteiger partial charge in [-0.25, -0.2) is 9.97 Å². The normalized spacial score (nSPS) is 17.0. The van der Waals surface area contributed by atoms with E-state index in [4.69, 9.17) is 14.1 Å². The quantitative estimate of drug-likeness (QED) is 0.527. The lowest BCUT2D eigenvalue weighted by Crippen LogP contribution is -2.33. The summed E-state index contributed by atoms with van der Waals surface area (Å²) in [6, 6.07) is 0. The van der Waals surface area contributed by atoms with Crippen molar-refractivity contribution in [3.8, 4) is 0 Å². The van der Waals surface area contributed by atoms with Crippen LogP contribution in [0, 0.1) is 0 Å². The van der Waals surface area contributed by atoms with Crippen LogP contribution in [0.2, 0.25) is 0 Å². The minimum absolute atomic E-state index is 0.236. The zero-order valence-electron chi connectivity index (χ0n) is 14.6. The first-order valence-electron chi connectivity index (χ1n) is 8.39. The lowest BCUT2D eigenvalue weighted by atomic mass is 9.87. The predicted molar refractivity (Wildman–Crippen MR) is 90.3 cm³/mol. The van der Waals surface area contributed by atoms with Crippen LogP contribution in [0.15, 0.2) is 10.7 Å². The number of aromatic nitrogens is 6. The molecule has 128 valence electrons. The Kier molecular flexibility index (Phi) is 2.78. The molecule has 0 amide bonds. The molecule has 5 rings (SSSR count). The second-order valence-electron chi connectivity index (χ2n) is 7.49. The number of ether oxygens (including phenoxy) is 1. The molecule has 0 aliphatic carbocycles. The highest BCUT2D eigenvalue weighted by Gasteiger charge is 2.32. The van der Waals surface area contributed by atoms with Gasteiger partial charge in [-0.1, -0.05) is 13.8 Å². The van der Waals surface area contributed by atoms with E-state index >= 15 is 0 Å². The minimum Gasteiger partial charge on any atom is -0.432 e. The number of hydrogen-bond acceptors (Lipinski definition) is 7. The third kappa shape index (κ3) is 2.00. The van der Waals surface area contributed by atoms with Gasteiger partial charge < -0.3 is 9.15 Å². The molecule has 0 unspecified atom stereocenters. The summed E-state index contributed by atoms with van der Waals surface area (Å²) in [5, 5.41) is 12.6. The highest BCUT2D eigenvalue weighted by atomic mass is 16.5. The van der Waals surface area contributed by atoms with Crippen LogP contribution in [0.5, 0.6) is 0 Å². The number of hydrogen-bond donors (Lipinski definition) is 0. The van der Waals surface area contributed by atoms with Crippen LogP contribution in [0.25, 0.3) is 27.8 Å². The molecule has 0 fully saturated rings. The van der Waals surface area contributed by atoms with Gasteiger partial charge in [0.1, 0.15) is 11.8 Å². The van der Waals surface area contributed by atoms with E-state index in [1.165, 1.54) is 10.1 Å². The average Bonchev–Trinajstić information content (AvgIpc) is 3.16. The van der Waals surface area contributed by atoms with Crippen molar-refractivity contribution in [2.45, 2.75) is 52.2 Å². The Balaban J connectivity index is 1.95. The first-order chi connectivity index (χ1) is 11.9. The van der Waals surface area contributed by atoms with Gasteiger partial charge in [0, 0.05) is 12.0 Å². The molecule has 5 heterocycles. The smallest absolute Gasteiger partial charge is 0.229 e. The Labute approximate surface area is 143 Å². The molecule has 0 atom stereocenters. The molecule has 1 aliphatic rings. The molecule has 25 heavy (non-hydrogen) atoms. The number of pyridine rings is 1. The molecule has 4 aromatic rings. The van der Waals surface area contributed by atoms with E-state index in [-0.39, 0.29) is 11.5 Å². The summed E-state index contributed by atoms with van der Waals surface area (Å²) in [7, 11) is 0. The fourth-order valence-electron chi connectivity index (χ4n) is 3.63. The molecular weight excluding hydrogens is 320 g/mol. The van der Waals surface area contributed by atoms with Crippen molar-refractivity contribution in [3.05, 3.63) is 23.1 Å². The van der Waals surface area contributed by atoms with Crippen LogP contribution in [0.3, 0.4) is 0 Å². The first-order valence-corrected chi connectivity index (χ1v) is 8.39. The van der Waals surface area contributed by atoms with Gasteiger partial charge in [0.2, 0.25) is 16.9 Å². The second kappa shape index (κ2) is 4.72. The number of tetrazole rings is 1. The Morgan fingerprint density at radius 1 is 1.24 bits per heavy atom. The minimum atomic E-state index is -0.236. The van der Waals surface area contributed by atoms with Crippen molar-refractivity contribution in [1.82, 2.24) is 30.0 Å². The first kappa shape index (κ1) is 14.7. The van der Waals surface area contributed by atoms with Crippen LogP contribution < -0.4 is 0 Å². The second-order valence-corrected chi connectivity index (χ2v) is 7.49. The van der Waals surface area contributed by atoms with Crippen LogP contribution in [0.1, 0.15) is 50.4 Å². The van der Waals surface area contributed by atoms with Crippen molar-refractivity contribution in [2.24, 2.45) is 0 Å². The summed E-state index contributed by atoms with van der Waals surface area (Å²) >= 11 is 0. The van der Waals surface area contributed by atoms with E-state index in [0.717, 1.165) is 28.6 Å². The SMILES string of the molecule is CC(C)c1nc2oc3c(ncn4nnnc34)c2c2c1COC(C)(C)C2. The summed E-state index contributed by atoms with van der Waals surface area (Å²) in [6.07, 6.45) is 2.40.